The van der Waals surface area contributed by atoms with Crippen molar-refractivity contribution >= 4 is 21.9 Å². The summed E-state index contributed by atoms with van der Waals surface area (Å²) in [5, 5.41) is 0.203. The highest BCUT2D eigenvalue weighted by Crippen LogP contribution is 2.16. The molecule has 0 atom stereocenters. The van der Waals surface area contributed by atoms with E-state index in [1.807, 2.05) is 0 Å². The van der Waals surface area contributed by atoms with E-state index in [1.165, 1.54) is 0 Å². The first kappa shape index (κ1) is 9.74. The summed E-state index contributed by atoms with van der Waals surface area (Å²) in [5.74, 6) is -2.15. The first-order chi connectivity index (χ1) is 4.48. The van der Waals surface area contributed by atoms with E-state index < -0.39 is 12.1 Å². The number of carbonyl (C=O) groups is 1. The Labute approximate surface area is 63.5 Å². The highest BCUT2D eigenvalue weighted by atomic mass is 79.9. The Morgan fingerprint density at radius 1 is 1.50 bits per heavy atom. The first-order valence-corrected chi connectivity index (χ1v) is 3.40. The van der Waals surface area contributed by atoms with E-state index in [0.717, 1.165) is 0 Å². The van der Waals surface area contributed by atoms with E-state index >= 15 is 0 Å². The maximum absolute atomic E-state index is 11.3. The summed E-state index contributed by atoms with van der Waals surface area (Å²) >= 11 is 2.80. The van der Waals surface area contributed by atoms with Crippen LogP contribution in [-0.2, 0) is 9.53 Å². The smallest absolute Gasteiger partial charge is 0.458 e. The van der Waals surface area contributed by atoms with Crippen molar-refractivity contribution in [3.8, 4) is 0 Å². The first-order valence-electron chi connectivity index (χ1n) is 2.28. The van der Waals surface area contributed by atoms with E-state index in [9.17, 15) is 18.0 Å². The minimum absolute atomic E-state index is 0.203. The van der Waals surface area contributed by atoms with Gasteiger partial charge in [-0.1, -0.05) is 15.9 Å². The SMILES string of the molecule is O=C(OCCBr)C(F)(F)F. The Bertz CT molecular complexity index is 122. The molecule has 0 aliphatic heterocycles. The Morgan fingerprint density at radius 2 is 2.00 bits per heavy atom. The van der Waals surface area contributed by atoms with Crippen molar-refractivity contribution in [3.63, 3.8) is 0 Å². The van der Waals surface area contributed by atoms with Gasteiger partial charge >= 0.3 is 12.1 Å². The minimum atomic E-state index is -4.87. The van der Waals surface area contributed by atoms with Crippen molar-refractivity contribution in [2.24, 2.45) is 0 Å². The van der Waals surface area contributed by atoms with Crippen LogP contribution in [0.3, 0.4) is 0 Å². The van der Waals surface area contributed by atoms with Gasteiger partial charge in [0.2, 0.25) is 0 Å². The van der Waals surface area contributed by atoms with Crippen LogP contribution in [0.2, 0.25) is 0 Å². The van der Waals surface area contributed by atoms with E-state index in [2.05, 4.69) is 20.7 Å². The third-order valence-corrected chi connectivity index (χ3v) is 0.866. The molecule has 0 radical (unpaired) electrons. The predicted molar refractivity (Wildman–Crippen MR) is 30.8 cm³/mol. The highest BCUT2D eigenvalue weighted by Gasteiger charge is 2.40. The molecule has 0 aromatic carbocycles. The van der Waals surface area contributed by atoms with Crippen LogP contribution >= 0.6 is 15.9 Å². The summed E-state index contributed by atoms with van der Waals surface area (Å²) in [7, 11) is 0. The lowest BCUT2D eigenvalue weighted by Crippen LogP contribution is -2.25. The largest absolute Gasteiger partial charge is 0.490 e. The van der Waals surface area contributed by atoms with Crippen molar-refractivity contribution < 1.29 is 22.7 Å². The number of carbonyl (C=O) groups excluding carboxylic acids is 1. The molecule has 0 aliphatic carbocycles. The lowest BCUT2D eigenvalue weighted by molar-refractivity contribution is -0.199. The molecule has 10 heavy (non-hydrogen) atoms. The number of ether oxygens (including phenoxy) is 1. The second-order valence-electron chi connectivity index (χ2n) is 1.32. The third-order valence-electron chi connectivity index (χ3n) is 0.542. The molecule has 0 amide bonds. The number of esters is 1. The number of hydrogen-bond acceptors (Lipinski definition) is 2. The summed E-state index contributed by atoms with van der Waals surface area (Å²) in [6.07, 6.45) is -4.87. The normalized spacial score (nSPS) is 11.2. The van der Waals surface area contributed by atoms with Crippen LogP contribution in [0.5, 0.6) is 0 Å². The van der Waals surface area contributed by atoms with Gasteiger partial charge in [0.1, 0.15) is 6.61 Å². The van der Waals surface area contributed by atoms with Crippen molar-refractivity contribution in [2.45, 2.75) is 6.18 Å². The van der Waals surface area contributed by atoms with E-state index in [0.29, 0.717) is 0 Å². The molecule has 0 fully saturated rings. The number of rotatable bonds is 2. The molecule has 2 nitrogen and oxygen atoms in total. The van der Waals surface area contributed by atoms with Crippen LogP contribution in [0.4, 0.5) is 13.2 Å². The second kappa shape index (κ2) is 3.80. The number of halogens is 4. The van der Waals surface area contributed by atoms with E-state index in [-0.39, 0.29) is 11.9 Å². The fourth-order valence-corrected chi connectivity index (χ4v) is 0.375. The molecule has 0 spiro atoms. The van der Waals surface area contributed by atoms with Gasteiger partial charge in [0, 0.05) is 5.33 Å². The predicted octanol–water partition coefficient (Wildman–Crippen LogP) is 1.49. The highest BCUT2D eigenvalue weighted by molar-refractivity contribution is 9.09. The molecule has 0 bridgehead atoms. The average molecular weight is 221 g/mol. The number of hydrogen-bond donors (Lipinski definition) is 0. The van der Waals surface area contributed by atoms with Crippen molar-refractivity contribution in [2.75, 3.05) is 11.9 Å². The Kier molecular flexibility index (Phi) is 3.70. The van der Waals surface area contributed by atoms with Gasteiger partial charge in [-0.3, -0.25) is 0 Å². The zero-order valence-electron chi connectivity index (χ0n) is 4.74. The molecular weight excluding hydrogens is 217 g/mol. The summed E-state index contributed by atoms with van der Waals surface area (Å²) in [6.45, 7) is -0.266. The van der Waals surface area contributed by atoms with Gasteiger partial charge in [0.15, 0.2) is 0 Å². The molecule has 6 heteroatoms. The molecule has 0 aromatic heterocycles. The maximum atomic E-state index is 11.3. The van der Waals surface area contributed by atoms with Crippen molar-refractivity contribution in [3.05, 3.63) is 0 Å². The molecule has 0 rings (SSSR count). The molecule has 0 unspecified atom stereocenters. The fourth-order valence-electron chi connectivity index (χ4n) is 0.213. The van der Waals surface area contributed by atoms with Gasteiger partial charge in [-0.2, -0.15) is 13.2 Å². The molecule has 0 aromatic rings. The number of alkyl halides is 4. The summed E-state index contributed by atoms with van der Waals surface area (Å²) in [6, 6.07) is 0. The zero-order chi connectivity index (χ0) is 8.20. The van der Waals surface area contributed by atoms with Crippen molar-refractivity contribution in [1.29, 1.82) is 0 Å². The van der Waals surface area contributed by atoms with E-state index in [1.54, 1.807) is 0 Å². The van der Waals surface area contributed by atoms with Crippen LogP contribution in [-0.4, -0.2) is 24.1 Å². The van der Waals surface area contributed by atoms with Gasteiger partial charge in [-0.25, -0.2) is 4.79 Å². The molecule has 0 saturated heterocycles. The zero-order valence-corrected chi connectivity index (χ0v) is 6.33. The monoisotopic (exact) mass is 220 g/mol. The van der Waals surface area contributed by atoms with E-state index in [4.69, 9.17) is 0 Å². The molecule has 0 aliphatic rings. The van der Waals surface area contributed by atoms with Crippen LogP contribution in [0.25, 0.3) is 0 Å². The summed E-state index contributed by atoms with van der Waals surface area (Å²) < 4.78 is 37.6. The fraction of sp³-hybridized carbons (Fsp3) is 0.750. The van der Waals surface area contributed by atoms with Gasteiger partial charge in [0.05, 0.1) is 0 Å². The molecule has 0 heterocycles. The third kappa shape index (κ3) is 3.71. The standard InChI is InChI=1S/C4H4BrF3O2/c5-1-2-10-3(9)4(6,7)8/h1-2H2. The summed E-state index contributed by atoms with van der Waals surface area (Å²) in [5.41, 5.74) is 0. The van der Waals surface area contributed by atoms with Gasteiger partial charge in [0.25, 0.3) is 0 Å². The second-order valence-corrected chi connectivity index (χ2v) is 2.12. The van der Waals surface area contributed by atoms with Crippen LogP contribution in [0, 0.1) is 0 Å². The Balaban J connectivity index is 3.64. The van der Waals surface area contributed by atoms with Gasteiger partial charge in [-0.05, 0) is 0 Å². The lowest BCUT2D eigenvalue weighted by atomic mass is 10.7. The molecular formula is C4H4BrF3O2. The maximum Gasteiger partial charge on any atom is 0.490 e. The topological polar surface area (TPSA) is 26.3 Å². The average Bonchev–Trinajstić information content (AvgIpc) is 1.80. The van der Waals surface area contributed by atoms with Crippen LogP contribution in [0.1, 0.15) is 0 Å². The van der Waals surface area contributed by atoms with Gasteiger partial charge < -0.3 is 4.74 Å². The quantitative estimate of drug-likeness (QED) is 0.521. The van der Waals surface area contributed by atoms with Crippen molar-refractivity contribution in [1.82, 2.24) is 0 Å². The summed E-state index contributed by atoms with van der Waals surface area (Å²) in [4.78, 5) is 9.86. The molecule has 0 N–H and O–H groups in total. The van der Waals surface area contributed by atoms with Gasteiger partial charge in [-0.15, -0.1) is 0 Å². The van der Waals surface area contributed by atoms with Crippen LogP contribution in [0.15, 0.2) is 0 Å². The Hall–Kier alpha value is -0.260. The lowest BCUT2D eigenvalue weighted by Gasteiger charge is -2.04. The molecule has 60 valence electrons. The minimum Gasteiger partial charge on any atom is -0.458 e. The Morgan fingerprint density at radius 3 is 2.30 bits per heavy atom. The molecule has 0 saturated carbocycles. The van der Waals surface area contributed by atoms with Crippen LogP contribution < -0.4 is 0 Å².